The van der Waals surface area contributed by atoms with Gasteiger partial charge in [0.25, 0.3) is 0 Å². The number of nitrogens with two attached hydrogens (primary N) is 1. The highest BCUT2D eigenvalue weighted by atomic mass is 19.4. The van der Waals surface area contributed by atoms with E-state index in [2.05, 4.69) is 0 Å². The van der Waals surface area contributed by atoms with Crippen LogP contribution >= 0.6 is 0 Å². The monoisotopic (exact) mass is 244 g/mol. The molecule has 0 aromatic heterocycles. The van der Waals surface area contributed by atoms with Crippen LogP contribution in [0.4, 0.5) is 24.5 Å². The Morgan fingerprint density at radius 2 is 2.06 bits per heavy atom. The largest absolute Gasteiger partial charge is 0.409 e. The summed E-state index contributed by atoms with van der Waals surface area (Å²) in [5, 5.41) is 0. The maximum atomic E-state index is 12.7. The van der Waals surface area contributed by atoms with Gasteiger partial charge in [0.15, 0.2) is 0 Å². The van der Waals surface area contributed by atoms with Crippen LogP contribution in [0.25, 0.3) is 0 Å². The fraction of sp³-hybridized carbons (Fsp3) is 0.364. The Kier molecular flexibility index (Phi) is 2.73. The van der Waals surface area contributed by atoms with Crippen molar-refractivity contribution in [3.05, 3.63) is 24.3 Å². The first-order valence-corrected chi connectivity index (χ1v) is 5.14. The molecule has 1 fully saturated rings. The van der Waals surface area contributed by atoms with Crippen molar-refractivity contribution in [3.8, 4) is 0 Å². The second kappa shape index (κ2) is 3.94. The number of benzene rings is 1. The summed E-state index contributed by atoms with van der Waals surface area (Å²) in [4.78, 5) is 12.3. The Morgan fingerprint density at radius 1 is 1.35 bits per heavy atom. The van der Waals surface area contributed by atoms with Crippen molar-refractivity contribution in [2.24, 2.45) is 0 Å². The van der Waals surface area contributed by atoms with Crippen molar-refractivity contribution in [2.75, 3.05) is 10.6 Å². The molecule has 1 aromatic carbocycles. The number of rotatable bonds is 1. The van der Waals surface area contributed by atoms with E-state index in [1.807, 2.05) is 0 Å². The molecule has 1 amide bonds. The maximum absolute atomic E-state index is 12.7. The summed E-state index contributed by atoms with van der Waals surface area (Å²) in [6.07, 6.45) is -4.69. The number of hydrogen-bond donors (Lipinski definition) is 1. The minimum Gasteiger partial charge on any atom is -0.399 e. The second-order valence-corrected chi connectivity index (χ2v) is 3.95. The van der Waals surface area contributed by atoms with Gasteiger partial charge in [-0.05, 0) is 24.6 Å². The van der Waals surface area contributed by atoms with E-state index in [4.69, 9.17) is 5.73 Å². The van der Waals surface area contributed by atoms with Crippen molar-refractivity contribution in [1.82, 2.24) is 0 Å². The molecular weight excluding hydrogens is 233 g/mol. The summed E-state index contributed by atoms with van der Waals surface area (Å²) in [6.45, 7) is 0. The van der Waals surface area contributed by atoms with Crippen LogP contribution in [0.3, 0.4) is 0 Å². The van der Waals surface area contributed by atoms with Gasteiger partial charge in [0.1, 0.15) is 6.04 Å². The zero-order chi connectivity index (χ0) is 12.6. The van der Waals surface area contributed by atoms with E-state index in [1.165, 1.54) is 18.2 Å². The summed E-state index contributed by atoms with van der Waals surface area (Å²) in [5.41, 5.74) is 6.05. The van der Waals surface area contributed by atoms with E-state index in [-0.39, 0.29) is 18.5 Å². The Balaban J connectivity index is 2.38. The summed E-state index contributed by atoms with van der Waals surface area (Å²) in [5.74, 6) is -0.516. The number of halogens is 3. The van der Waals surface area contributed by atoms with Crippen molar-refractivity contribution >= 4 is 17.3 Å². The first-order valence-electron chi connectivity index (χ1n) is 5.14. The molecule has 0 saturated carbocycles. The number of nitrogens with zero attached hydrogens (tertiary/aromatic N) is 1. The van der Waals surface area contributed by atoms with Gasteiger partial charge in [0.05, 0.1) is 0 Å². The lowest BCUT2D eigenvalue weighted by atomic mass is 10.2. The molecule has 1 aliphatic heterocycles. The number of amides is 1. The quantitative estimate of drug-likeness (QED) is 0.770. The third-order valence-corrected chi connectivity index (χ3v) is 2.74. The lowest BCUT2D eigenvalue weighted by molar-refractivity contribution is -0.148. The first-order chi connectivity index (χ1) is 7.89. The molecule has 0 bridgehead atoms. The molecular formula is C11H11F3N2O. The SMILES string of the molecule is Nc1cccc(N2C(=O)CC[C@@H]2C(F)(F)F)c1. The van der Waals surface area contributed by atoms with Gasteiger partial charge in [-0.25, -0.2) is 0 Å². The minimum absolute atomic E-state index is 0.0843. The molecule has 17 heavy (non-hydrogen) atoms. The van der Waals surface area contributed by atoms with Gasteiger partial charge < -0.3 is 10.6 Å². The smallest absolute Gasteiger partial charge is 0.399 e. The molecule has 0 unspecified atom stereocenters. The van der Waals surface area contributed by atoms with E-state index < -0.39 is 18.1 Å². The molecule has 1 aliphatic rings. The number of nitrogen functional groups attached to an aromatic ring is 1. The van der Waals surface area contributed by atoms with Gasteiger partial charge >= 0.3 is 6.18 Å². The molecule has 2 rings (SSSR count). The molecule has 1 atom stereocenters. The molecule has 0 spiro atoms. The molecule has 2 N–H and O–H groups in total. The van der Waals surface area contributed by atoms with Crippen molar-refractivity contribution < 1.29 is 18.0 Å². The van der Waals surface area contributed by atoms with E-state index in [9.17, 15) is 18.0 Å². The van der Waals surface area contributed by atoms with Gasteiger partial charge in [-0.2, -0.15) is 13.2 Å². The normalized spacial score (nSPS) is 21.0. The van der Waals surface area contributed by atoms with Crippen LogP contribution in [0.1, 0.15) is 12.8 Å². The summed E-state index contributed by atoms with van der Waals surface area (Å²) < 4.78 is 38.2. The van der Waals surface area contributed by atoms with Crippen molar-refractivity contribution in [1.29, 1.82) is 0 Å². The molecule has 3 nitrogen and oxygen atoms in total. The lowest BCUT2D eigenvalue weighted by Gasteiger charge is -2.26. The van der Waals surface area contributed by atoms with Crippen LogP contribution in [0.2, 0.25) is 0 Å². The number of alkyl halides is 3. The zero-order valence-electron chi connectivity index (χ0n) is 8.87. The van der Waals surface area contributed by atoms with E-state index in [0.717, 1.165) is 4.90 Å². The molecule has 0 aliphatic carbocycles. The second-order valence-electron chi connectivity index (χ2n) is 3.95. The highest BCUT2D eigenvalue weighted by Crippen LogP contribution is 2.36. The fourth-order valence-corrected chi connectivity index (χ4v) is 1.99. The number of hydrogen-bond acceptors (Lipinski definition) is 2. The van der Waals surface area contributed by atoms with Gasteiger partial charge in [0.2, 0.25) is 5.91 Å². The Morgan fingerprint density at radius 3 is 2.65 bits per heavy atom. The predicted octanol–water partition coefficient (Wildman–Crippen LogP) is 2.33. The van der Waals surface area contributed by atoms with Crippen LogP contribution in [-0.4, -0.2) is 18.1 Å². The van der Waals surface area contributed by atoms with Gasteiger partial charge in [-0.1, -0.05) is 6.07 Å². The highest BCUT2D eigenvalue weighted by Gasteiger charge is 2.49. The number of carbonyl (C=O) groups is 1. The van der Waals surface area contributed by atoms with Crippen LogP contribution in [0.15, 0.2) is 24.3 Å². The summed E-state index contributed by atoms with van der Waals surface area (Å²) in [7, 11) is 0. The van der Waals surface area contributed by atoms with E-state index in [0.29, 0.717) is 5.69 Å². The zero-order valence-corrected chi connectivity index (χ0v) is 8.87. The molecule has 92 valence electrons. The van der Waals surface area contributed by atoms with Crippen LogP contribution in [0.5, 0.6) is 0 Å². The fourth-order valence-electron chi connectivity index (χ4n) is 1.99. The van der Waals surface area contributed by atoms with Gasteiger partial charge in [0, 0.05) is 17.8 Å². The van der Waals surface area contributed by atoms with E-state index in [1.54, 1.807) is 6.07 Å². The van der Waals surface area contributed by atoms with Gasteiger partial charge in [-0.15, -0.1) is 0 Å². The molecule has 1 aromatic rings. The third kappa shape index (κ3) is 2.20. The van der Waals surface area contributed by atoms with Crippen LogP contribution < -0.4 is 10.6 Å². The van der Waals surface area contributed by atoms with Gasteiger partial charge in [-0.3, -0.25) is 4.79 Å². The Labute approximate surface area is 96.0 Å². The molecule has 1 saturated heterocycles. The van der Waals surface area contributed by atoms with Crippen molar-refractivity contribution in [2.45, 2.75) is 25.1 Å². The standard InChI is InChI=1S/C11H11F3N2O/c12-11(13,14)9-4-5-10(17)16(9)8-3-1-2-7(15)6-8/h1-3,6,9H,4-5,15H2/t9-/m1/s1. The molecule has 6 heteroatoms. The summed E-state index contributed by atoms with van der Waals surface area (Å²) >= 11 is 0. The molecule has 1 heterocycles. The average molecular weight is 244 g/mol. The molecule has 0 radical (unpaired) electrons. The van der Waals surface area contributed by atoms with Crippen molar-refractivity contribution in [3.63, 3.8) is 0 Å². The Hall–Kier alpha value is -1.72. The lowest BCUT2D eigenvalue weighted by Crippen LogP contribution is -2.43. The van der Waals surface area contributed by atoms with E-state index >= 15 is 0 Å². The maximum Gasteiger partial charge on any atom is 0.409 e. The average Bonchev–Trinajstić information content (AvgIpc) is 2.59. The third-order valence-electron chi connectivity index (χ3n) is 2.74. The number of carbonyl (C=O) groups excluding carboxylic acids is 1. The Bertz CT molecular complexity index is 445. The summed E-state index contributed by atoms with van der Waals surface area (Å²) in [6, 6.07) is 4.19. The predicted molar refractivity (Wildman–Crippen MR) is 57.4 cm³/mol. The number of anilines is 2. The van der Waals surface area contributed by atoms with Crippen LogP contribution in [0, 0.1) is 0 Å². The highest BCUT2D eigenvalue weighted by molar-refractivity contribution is 5.96. The minimum atomic E-state index is -4.41. The topological polar surface area (TPSA) is 46.3 Å². The van der Waals surface area contributed by atoms with Crippen LogP contribution in [-0.2, 0) is 4.79 Å². The first kappa shape index (κ1) is 11.8.